The Bertz CT molecular complexity index is 321. The van der Waals surface area contributed by atoms with Gasteiger partial charge < -0.3 is 0 Å². The molecule has 1 saturated carbocycles. The third-order valence-corrected chi connectivity index (χ3v) is 6.61. The molecule has 1 fully saturated rings. The van der Waals surface area contributed by atoms with Crippen LogP contribution >= 0.6 is 11.6 Å². The topological polar surface area (TPSA) is 34.1 Å². The number of halogens is 1. The van der Waals surface area contributed by atoms with Crippen LogP contribution < -0.4 is 0 Å². The van der Waals surface area contributed by atoms with Crippen LogP contribution in [0, 0.1) is 5.41 Å². The van der Waals surface area contributed by atoms with Crippen molar-refractivity contribution >= 4 is 21.4 Å². The van der Waals surface area contributed by atoms with Crippen LogP contribution in [0.15, 0.2) is 0 Å². The van der Waals surface area contributed by atoms with E-state index < -0.39 is 14.6 Å². The van der Waals surface area contributed by atoms with Crippen molar-refractivity contribution in [2.45, 2.75) is 57.1 Å². The first kappa shape index (κ1) is 13.3. The SMILES string of the molecule is CC(Cl)C1(CCS(=O)(=O)C(C)(C)C)CC1. The number of hydrogen-bond acceptors (Lipinski definition) is 2. The lowest BCUT2D eigenvalue weighted by molar-refractivity contribution is 0.472. The molecule has 0 amide bonds. The van der Waals surface area contributed by atoms with Gasteiger partial charge in [-0.25, -0.2) is 8.42 Å². The summed E-state index contributed by atoms with van der Waals surface area (Å²) in [6.45, 7) is 7.24. The van der Waals surface area contributed by atoms with Gasteiger partial charge in [0, 0.05) is 5.38 Å². The van der Waals surface area contributed by atoms with Gasteiger partial charge in [-0.15, -0.1) is 11.6 Å². The van der Waals surface area contributed by atoms with Gasteiger partial charge in [0.1, 0.15) is 0 Å². The fourth-order valence-electron chi connectivity index (χ4n) is 1.65. The lowest BCUT2D eigenvalue weighted by atomic mass is 10.0. The molecule has 1 unspecified atom stereocenters. The minimum atomic E-state index is -2.98. The molecule has 0 aromatic rings. The molecule has 1 rings (SSSR count). The zero-order chi connectivity index (χ0) is 11.9. The highest BCUT2D eigenvalue weighted by Crippen LogP contribution is 2.54. The van der Waals surface area contributed by atoms with E-state index >= 15 is 0 Å². The smallest absolute Gasteiger partial charge is 0.155 e. The highest BCUT2D eigenvalue weighted by molar-refractivity contribution is 7.92. The van der Waals surface area contributed by atoms with Crippen LogP contribution in [0.25, 0.3) is 0 Å². The fourth-order valence-corrected chi connectivity index (χ4v) is 3.27. The van der Waals surface area contributed by atoms with Crippen molar-refractivity contribution in [1.82, 2.24) is 0 Å². The number of hydrogen-bond donors (Lipinski definition) is 0. The maximum atomic E-state index is 11.9. The van der Waals surface area contributed by atoms with Crippen molar-refractivity contribution in [2.75, 3.05) is 5.75 Å². The fraction of sp³-hybridized carbons (Fsp3) is 1.00. The summed E-state index contributed by atoms with van der Waals surface area (Å²) in [7, 11) is -2.98. The zero-order valence-electron chi connectivity index (χ0n) is 10.0. The van der Waals surface area contributed by atoms with Crippen molar-refractivity contribution in [3.63, 3.8) is 0 Å². The van der Waals surface area contributed by atoms with E-state index in [1.54, 1.807) is 20.8 Å². The summed E-state index contributed by atoms with van der Waals surface area (Å²) in [5.41, 5.74) is 0.111. The van der Waals surface area contributed by atoms with Crippen LogP contribution in [0.3, 0.4) is 0 Å². The molecular weight excluding hydrogens is 232 g/mol. The van der Waals surface area contributed by atoms with E-state index in [1.165, 1.54) is 0 Å². The zero-order valence-corrected chi connectivity index (χ0v) is 11.6. The van der Waals surface area contributed by atoms with Gasteiger partial charge in [-0.1, -0.05) is 0 Å². The molecule has 0 heterocycles. The number of rotatable bonds is 4. The Morgan fingerprint density at radius 2 is 1.80 bits per heavy atom. The van der Waals surface area contributed by atoms with Gasteiger partial charge in [0.15, 0.2) is 9.84 Å². The Kier molecular flexibility index (Phi) is 3.48. The summed E-state index contributed by atoms with van der Waals surface area (Å²) in [6.07, 6.45) is 2.88. The first-order valence-corrected chi connectivity index (χ1v) is 7.56. The second-order valence-electron chi connectivity index (χ2n) is 5.66. The Balaban J connectivity index is 2.59. The van der Waals surface area contributed by atoms with Gasteiger partial charge in [-0.3, -0.25) is 0 Å². The maximum Gasteiger partial charge on any atom is 0.155 e. The molecule has 0 saturated heterocycles. The maximum absolute atomic E-state index is 11.9. The second-order valence-corrected chi connectivity index (χ2v) is 9.18. The third-order valence-electron chi connectivity index (χ3n) is 3.54. The standard InChI is InChI=1S/C11H21ClO2S/c1-9(12)11(5-6-11)7-8-15(13,14)10(2,3)4/h9H,5-8H2,1-4H3. The second kappa shape index (κ2) is 3.92. The lowest BCUT2D eigenvalue weighted by Gasteiger charge is -2.23. The van der Waals surface area contributed by atoms with Gasteiger partial charge in [-0.05, 0) is 52.4 Å². The minimum Gasteiger partial charge on any atom is -0.228 e. The first-order chi connectivity index (χ1) is 6.61. The van der Waals surface area contributed by atoms with Gasteiger partial charge in [0.25, 0.3) is 0 Å². The lowest BCUT2D eigenvalue weighted by Crippen LogP contribution is -2.32. The molecule has 90 valence electrons. The van der Waals surface area contributed by atoms with Gasteiger partial charge in [0.2, 0.25) is 0 Å². The van der Waals surface area contributed by atoms with Crippen LogP contribution in [0.5, 0.6) is 0 Å². The summed E-state index contributed by atoms with van der Waals surface area (Å²) in [6, 6.07) is 0. The van der Waals surface area contributed by atoms with E-state index in [0.717, 1.165) is 19.3 Å². The molecule has 0 aromatic heterocycles. The summed E-state index contributed by atoms with van der Waals surface area (Å²) in [5, 5.41) is 0.0904. The highest BCUT2D eigenvalue weighted by atomic mass is 35.5. The van der Waals surface area contributed by atoms with E-state index in [1.807, 2.05) is 6.92 Å². The van der Waals surface area contributed by atoms with Crippen molar-refractivity contribution in [1.29, 1.82) is 0 Å². The van der Waals surface area contributed by atoms with E-state index in [2.05, 4.69) is 0 Å². The summed E-state index contributed by atoms with van der Waals surface area (Å²) in [5.74, 6) is 0.271. The Labute approximate surface area is 98.3 Å². The largest absolute Gasteiger partial charge is 0.228 e. The van der Waals surface area contributed by atoms with E-state index in [4.69, 9.17) is 11.6 Å². The molecule has 1 aliphatic rings. The Morgan fingerprint density at radius 1 is 1.33 bits per heavy atom. The average molecular weight is 253 g/mol. The normalized spacial score (nSPS) is 22.5. The Morgan fingerprint density at radius 3 is 2.07 bits per heavy atom. The monoisotopic (exact) mass is 252 g/mol. The van der Waals surface area contributed by atoms with Crippen LogP contribution in [-0.2, 0) is 9.84 Å². The number of sulfone groups is 1. The van der Waals surface area contributed by atoms with Crippen molar-refractivity contribution < 1.29 is 8.42 Å². The van der Waals surface area contributed by atoms with Gasteiger partial charge in [-0.2, -0.15) is 0 Å². The van der Waals surface area contributed by atoms with Crippen molar-refractivity contribution in [2.24, 2.45) is 5.41 Å². The van der Waals surface area contributed by atoms with Crippen molar-refractivity contribution in [3.8, 4) is 0 Å². The molecule has 4 heteroatoms. The van der Waals surface area contributed by atoms with Crippen LogP contribution in [0.4, 0.5) is 0 Å². The van der Waals surface area contributed by atoms with E-state index in [-0.39, 0.29) is 16.5 Å². The molecule has 15 heavy (non-hydrogen) atoms. The quantitative estimate of drug-likeness (QED) is 0.721. The van der Waals surface area contributed by atoms with E-state index in [9.17, 15) is 8.42 Å². The predicted molar refractivity (Wildman–Crippen MR) is 65.1 cm³/mol. The Hall–Kier alpha value is 0.240. The molecule has 0 aliphatic heterocycles. The van der Waals surface area contributed by atoms with Gasteiger partial charge >= 0.3 is 0 Å². The molecule has 2 nitrogen and oxygen atoms in total. The molecule has 0 N–H and O–H groups in total. The molecule has 1 aliphatic carbocycles. The van der Waals surface area contributed by atoms with Crippen molar-refractivity contribution in [3.05, 3.63) is 0 Å². The highest BCUT2D eigenvalue weighted by Gasteiger charge is 2.47. The summed E-state index contributed by atoms with van der Waals surface area (Å²) < 4.78 is 23.2. The third kappa shape index (κ3) is 2.88. The number of alkyl halides is 1. The first-order valence-electron chi connectivity index (χ1n) is 5.47. The molecule has 0 aromatic carbocycles. The minimum absolute atomic E-state index is 0.0904. The average Bonchev–Trinajstić information content (AvgIpc) is 2.79. The van der Waals surface area contributed by atoms with Crippen LogP contribution in [0.1, 0.15) is 47.0 Å². The summed E-state index contributed by atoms with van der Waals surface area (Å²) >= 11 is 6.08. The predicted octanol–water partition coefficient (Wildman–Crippen LogP) is 3.00. The molecule has 0 spiro atoms. The van der Waals surface area contributed by atoms with Gasteiger partial charge in [0.05, 0.1) is 10.5 Å². The van der Waals surface area contributed by atoms with Crippen LogP contribution in [0.2, 0.25) is 0 Å². The summed E-state index contributed by atoms with van der Waals surface area (Å²) in [4.78, 5) is 0. The molecule has 1 atom stereocenters. The van der Waals surface area contributed by atoms with Crippen LogP contribution in [-0.4, -0.2) is 24.3 Å². The molecule has 0 radical (unpaired) electrons. The molecule has 0 bridgehead atoms. The van der Waals surface area contributed by atoms with E-state index in [0.29, 0.717) is 0 Å². The molecular formula is C11H21ClO2S.